The highest BCUT2D eigenvalue weighted by Crippen LogP contribution is 2.29. The number of carbonyl (C=O) groups excluding carboxylic acids is 3. The van der Waals surface area contributed by atoms with E-state index in [1.807, 2.05) is 66.7 Å². The number of amides is 3. The molecule has 0 spiro atoms. The Morgan fingerprint density at radius 3 is 2.06 bits per heavy atom. The van der Waals surface area contributed by atoms with E-state index in [0.717, 1.165) is 29.5 Å². The Bertz CT molecular complexity index is 873. The molecule has 198 valence electrons. The molecule has 0 radical (unpaired) electrons. The van der Waals surface area contributed by atoms with E-state index in [9.17, 15) is 14.4 Å². The van der Waals surface area contributed by atoms with Crippen molar-refractivity contribution in [3.63, 3.8) is 0 Å². The minimum absolute atomic E-state index is 0.0225. The van der Waals surface area contributed by atoms with Gasteiger partial charge < -0.3 is 20.3 Å². The lowest BCUT2D eigenvalue weighted by molar-refractivity contribution is -0.145. The van der Waals surface area contributed by atoms with Crippen LogP contribution in [0.4, 0.5) is 4.79 Å². The van der Waals surface area contributed by atoms with E-state index >= 15 is 0 Å². The van der Waals surface area contributed by atoms with Crippen molar-refractivity contribution in [2.24, 2.45) is 5.92 Å². The summed E-state index contributed by atoms with van der Waals surface area (Å²) < 4.78 is 5.41. The first kappa shape index (κ1) is 30.5. The van der Waals surface area contributed by atoms with Crippen molar-refractivity contribution in [1.82, 2.24) is 15.5 Å². The highest BCUT2D eigenvalue weighted by atomic mass is 16.6. The van der Waals surface area contributed by atoms with Gasteiger partial charge in [-0.3, -0.25) is 9.59 Å². The second-order valence-corrected chi connectivity index (χ2v) is 11.2. The van der Waals surface area contributed by atoms with Crippen LogP contribution >= 0.6 is 0 Å². The van der Waals surface area contributed by atoms with Crippen molar-refractivity contribution in [2.75, 3.05) is 0 Å². The minimum atomic E-state index is -0.846. The summed E-state index contributed by atoms with van der Waals surface area (Å²) in [4.78, 5) is 41.9. The van der Waals surface area contributed by atoms with Crippen LogP contribution < -0.4 is 10.6 Å². The van der Waals surface area contributed by atoms with Crippen LogP contribution in [0.25, 0.3) is 0 Å². The van der Waals surface area contributed by atoms with Gasteiger partial charge in [0.15, 0.2) is 0 Å². The smallest absolute Gasteiger partial charge is 0.408 e. The van der Waals surface area contributed by atoms with Gasteiger partial charge in [-0.1, -0.05) is 51.0 Å². The summed E-state index contributed by atoms with van der Waals surface area (Å²) in [6.07, 6.45) is 1.13. The Balaban J connectivity index is 3.51. The number of nitrogens with zero attached hydrogens (tertiary/aromatic N) is 1. The Morgan fingerprint density at radius 1 is 1.00 bits per heavy atom. The molecule has 1 aromatic carbocycles. The normalized spacial score (nSPS) is 14.3. The number of benzene rings is 1. The molecule has 0 aliphatic carbocycles. The monoisotopic (exact) mass is 489 g/mol. The SMILES string of the molecule is CCCC(C)NC(=O)C(c1ccc(C)cc1C)N(C(=O)C(NC(=O)OC(C)(C)C)C(C)C)C(C)C. The number of alkyl carbamates (subject to hydrolysis) is 1. The standard InChI is InChI=1S/C28H47N3O4/c1-12-13-21(8)29-25(32)24(22-15-14-19(6)16-20(22)7)31(18(4)5)26(33)23(17(2)3)30-27(34)35-28(9,10)11/h14-18,21,23-24H,12-13H2,1-11H3,(H,29,32)(H,30,34). The fourth-order valence-electron chi connectivity index (χ4n) is 4.17. The summed E-state index contributed by atoms with van der Waals surface area (Å²) in [5, 5.41) is 5.86. The molecule has 3 amide bonds. The highest BCUT2D eigenvalue weighted by molar-refractivity contribution is 5.92. The zero-order valence-electron chi connectivity index (χ0n) is 23.6. The van der Waals surface area contributed by atoms with Crippen LogP contribution in [-0.4, -0.2) is 46.5 Å². The number of nitrogens with one attached hydrogen (secondary N) is 2. The molecule has 3 atom stereocenters. The largest absolute Gasteiger partial charge is 0.444 e. The molecule has 0 fully saturated rings. The lowest BCUT2D eigenvalue weighted by Gasteiger charge is -2.39. The molecular formula is C28H47N3O4. The van der Waals surface area contributed by atoms with Crippen LogP contribution in [0, 0.1) is 19.8 Å². The molecular weight excluding hydrogens is 442 g/mol. The van der Waals surface area contributed by atoms with Gasteiger partial charge in [-0.05, 0) is 78.9 Å². The molecule has 0 aromatic heterocycles. The predicted octanol–water partition coefficient (Wildman–Crippen LogP) is 5.44. The number of hydrogen-bond acceptors (Lipinski definition) is 4. The molecule has 0 saturated heterocycles. The van der Waals surface area contributed by atoms with E-state index in [-0.39, 0.29) is 29.8 Å². The lowest BCUT2D eigenvalue weighted by Crippen LogP contribution is -2.57. The Morgan fingerprint density at radius 2 is 1.60 bits per heavy atom. The molecule has 7 heteroatoms. The van der Waals surface area contributed by atoms with Crippen molar-refractivity contribution in [3.05, 3.63) is 34.9 Å². The van der Waals surface area contributed by atoms with Crippen LogP contribution in [0.3, 0.4) is 0 Å². The summed E-state index contributed by atoms with van der Waals surface area (Å²) >= 11 is 0. The molecule has 1 aromatic rings. The second-order valence-electron chi connectivity index (χ2n) is 11.2. The Kier molecular flexibility index (Phi) is 11.3. The number of hydrogen-bond donors (Lipinski definition) is 2. The third-order valence-electron chi connectivity index (χ3n) is 5.77. The van der Waals surface area contributed by atoms with Gasteiger partial charge in [0.25, 0.3) is 0 Å². The number of rotatable bonds is 10. The average Bonchev–Trinajstić information content (AvgIpc) is 2.68. The van der Waals surface area contributed by atoms with Gasteiger partial charge in [-0.15, -0.1) is 0 Å². The fraction of sp³-hybridized carbons (Fsp3) is 0.679. The van der Waals surface area contributed by atoms with E-state index < -0.39 is 23.8 Å². The van der Waals surface area contributed by atoms with Crippen LogP contribution in [0.1, 0.15) is 97.9 Å². The lowest BCUT2D eigenvalue weighted by atomic mass is 9.94. The third-order valence-corrected chi connectivity index (χ3v) is 5.77. The van der Waals surface area contributed by atoms with Crippen LogP contribution in [0.15, 0.2) is 18.2 Å². The molecule has 0 aliphatic rings. The van der Waals surface area contributed by atoms with Gasteiger partial charge in [0, 0.05) is 12.1 Å². The first-order chi connectivity index (χ1) is 16.1. The highest BCUT2D eigenvalue weighted by Gasteiger charge is 2.39. The summed E-state index contributed by atoms with van der Waals surface area (Å²) in [5.74, 6) is -0.748. The molecule has 0 aliphatic heterocycles. The van der Waals surface area contributed by atoms with Crippen LogP contribution in [0.2, 0.25) is 0 Å². The van der Waals surface area contributed by atoms with Gasteiger partial charge >= 0.3 is 6.09 Å². The number of ether oxygens (including phenoxy) is 1. The quantitative estimate of drug-likeness (QED) is 0.458. The second kappa shape index (κ2) is 12.9. The summed E-state index contributed by atoms with van der Waals surface area (Å²) in [6.45, 7) is 20.9. The molecule has 0 bridgehead atoms. The maximum absolute atomic E-state index is 14.0. The zero-order valence-corrected chi connectivity index (χ0v) is 23.6. The van der Waals surface area contributed by atoms with Crippen molar-refractivity contribution < 1.29 is 19.1 Å². The minimum Gasteiger partial charge on any atom is -0.444 e. The predicted molar refractivity (Wildman–Crippen MR) is 141 cm³/mol. The Hall–Kier alpha value is -2.57. The van der Waals surface area contributed by atoms with E-state index in [0.29, 0.717) is 0 Å². The van der Waals surface area contributed by atoms with Gasteiger partial charge in [0.2, 0.25) is 11.8 Å². The Labute approximate surface area is 212 Å². The van der Waals surface area contributed by atoms with E-state index in [4.69, 9.17) is 4.74 Å². The zero-order chi connectivity index (χ0) is 27.1. The third kappa shape index (κ3) is 9.19. The maximum Gasteiger partial charge on any atom is 0.408 e. The molecule has 1 rings (SSSR count). The van der Waals surface area contributed by atoms with E-state index in [1.165, 1.54) is 0 Å². The molecule has 3 unspecified atom stereocenters. The van der Waals surface area contributed by atoms with Crippen molar-refractivity contribution >= 4 is 17.9 Å². The van der Waals surface area contributed by atoms with Gasteiger partial charge in [0.05, 0.1) is 0 Å². The van der Waals surface area contributed by atoms with E-state index in [1.54, 1.807) is 25.7 Å². The molecule has 2 N–H and O–H groups in total. The molecule has 35 heavy (non-hydrogen) atoms. The maximum atomic E-state index is 14.0. The van der Waals surface area contributed by atoms with Gasteiger partial charge in [0.1, 0.15) is 17.7 Å². The molecule has 7 nitrogen and oxygen atoms in total. The first-order valence-electron chi connectivity index (χ1n) is 12.8. The summed E-state index contributed by atoms with van der Waals surface area (Å²) in [5.41, 5.74) is 2.11. The van der Waals surface area contributed by atoms with Crippen molar-refractivity contribution in [3.8, 4) is 0 Å². The van der Waals surface area contributed by atoms with Crippen LogP contribution in [0.5, 0.6) is 0 Å². The molecule has 0 saturated carbocycles. The number of aryl methyl sites for hydroxylation is 2. The summed E-state index contributed by atoms with van der Waals surface area (Å²) in [7, 11) is 0. The van der Waals surface area contributed by atoms with Crippen molar-refractivity contribution in [2.45, 2.75) is 119 Å². The molecule has 0 heterocycles. The number of carbonyl (C=O) groups is 3. The van der Waals surface area contributed by atoms with Crippen LogP contribution in [-0.2, 0) is 14.3 Å². The van der Waals surface area contributed by atoms with Gasteiger partial charge in [-0.25, -0.2) is 4.79 Å². The van der Waals surface area contributed by atoms with E-state index in [2.05, 4.69) is 17.6 Å². The van der Waals surface area contributed by atoms with Crippen molar-refractivity contribution in [1.29, 1.82) is 0 Å². The van der Waals surface area contributed by atoms with Gasteiger partial charge in [-0.2, -0.15) is 0 Å². The first-order valence-corrected chi connectivity index (χ1v) is 12.8. The summed E-state index contributed by atoms with van der Waals surface area (Å²) in [6, 6.07) is 3.92. The average molecular weight is 490 g/mol. The topological polar surface area (TPSA) is 87.7 Å². The fourth-order valence-corrected chi connectivity index (χ4v) is 4.17.